The van der Waals surface area contributed by atoms with Crippen LogP contribution in [-0.4, -0.2) is 43.0 Å². The molecule has 1 aliphatic heterocycles. The van der Waals surface area contributed by atoms with Crippen molar-refractivity contribution in [2.45, 2.75) is 58.3 Å². The van der Waals surface area contributed by atoms with Crippen molar-refractivity contribution >= 4 is 28.2 Å². The van der Waals surface area contributed by atoms with Crippen LogP contribution in [0.1, 0.15) is 65.4 Å². The first-order valence-electron chi connectivity index (χ1n) is 12.0. The standard InChI is InChI=1S/C26H34N2O3S/c1-2-31-26(30)24-21-11-7-4-8-12-22(21)32-25(24)27-23(29)18-28-15-13-20(14-16-28)17-19-9-5-3-6-10-19/h3,5-6,9-10,20H,2,4,7-8,11-18H2,1H3,(H,27,29). The number of esters is 1. The Labute approximate surface area is 195 Å². The van der Waals surface area contributed by atoms with Crippen LogP contribution in [0.15, 0.2) is 30.3 Å². The summed E-state index contributed by atoms with van der Waals surface area (Å²) in [7, 11) is 0. The van der Waals surface area contributed by atoms with Crippen LogP contribution in [0.25, 0.3) is 0 Å². The summed E-state index contributed by atoms with van der Waals surface area (Å²) in [6.45, 7) is 4.42. The summed E-state index contributed by atoms with van der Waals surface area (Å²) in [5, 5.41) is 3.74. The number of aryl methyl sites for hydroxylation is 1. The van der Waals surface area contributed by atoms with Gasteiger partial charge in [-0.2, -0.15) is 0 Å². The lowest BCUT2D eigenvalue weighted by Crippen LogP contribution is -2.39. The molecule has 0 unspecified atom stereocenters. The summed E-state index contributed by atoms with van der Waals surface area (Å²) in [5.41, 5.74) is 3.10. The van der Waals surface area contributed by atoms with Crippen LogP contribution >= 0.6 is 11.3 Å². The fourth-order valence-corrected chi connectivity index (χ4v) is 6.21. The van der Waals surface area contributed by atoms with Gasteiger partial charge in [0.1, 0.15) is 5.00 Å². The van der Waals surface area contributed by atoms with E-state index in [4.69, 9.17) is 4.74 Å². The maximum absolute atomic E-state index is 12.9. The molecule has 0 bridgehead atoms. The van der Waals surface area contributed by atoms with Gasteiger partial charge in [0.15, 0.2) is 0 Å². The number of nitrogens with zero attached hydrogens (tertiary/aromatic N) is 1. The average molecular weight is 455 g/mol. The van der Waals surface area contributed by atoms with Crippen molar-refractivity contribution in [3.05, 3.63) is 51.9 Å². The molecule has 5 nitrogen and oxygen atoms in total. The first-order chi connectivity index (χ1) is 15.6. The minimum atomic E-state index is -0.302. The van der Waals surface area contributed by atoms with E-state index in [9.17, 15) is 9.59 Å². The van der Waals surface area contributed by atoms with E-state index in [0.29, 0.717) is 29.6 Å². The second-order valence-corrected chi connectivity index (χ2v) is 10.1. The number of carbonyl (C=O) groups is 2. The number of rotatable bonds is 7. The number of anilines is 1. The molecule has 0 radical (unpaired) electrons. The third-order valence-electron chi connectivity index (χ3n) is 6.60. The van der Waals surface area contributed by atoms with Crippen molar-refractivity contribution in [3.63, 3.8) is 0 Å². The molecule has 0 spiro atoms. The Kier molecular flexibility index (Phi) is 7.98. The van der Waals surface area contributed by atoms with E-state index in [1.54, 1.807) is 11.3 Å². The van der Waals surface area contributed by atoms with Crippen molar-refractivity contribution < 1.29 is 14.3 Å². The van der Waals surface area contributed by atoms with Gasteiger partial charge >= 0.3 is 5.97 Å². The van der Waals surface area contributed by atoms with E-state index < -0.39 is 0 Å². The molecule has 2 heterocycles. The van der Waals surface area contributed by atoms with E-state index in [1.165, 1.54) is 16.9 Å². The van der Waals surface area contributed by atoms with E-state index >= 15 is 0 Å². The fraction of sp³-hybridized carbons (Fsp3) is 0.538. The van der Waals surface area contributed by atoms with Crippen LogP contribution in [0.5, 0.6) is 0 Å². The lowest BCUT2D eigenvalue weighted by molar-refractivity contribution is -0.117. The summed E-state index contributed by atoms with van der Waals surface area (Å²) in [4.78, 5) is 29.0. The van der Waals surface area contributed by atoms with Crippen LogP contribution in [0.4, 0.5) is 5.00 Å². The lowest BCUT2D eigenvalue weighted by Gasteiger charge is -2.31. The maximum atomic E-state index is 12.9. The van der Waals surface area contributed by atoms with Gasteiger partial charge < -0.3 is 10.1 Å². The molecule has 1 fully saturated rings. The van der Waals surface area contributed by atoms with Crippen LogP contribution in [-0.2, 0) is 28.8 Å². The number of carbonyl (C=O) groups excluding carboxylic acids is 2. The SMILES string of the molecule is CCOC(=O)c1c(NC(=O)CN2CCC(Cc3ccccc3)CC2)sc2c1CCCCC2. The molecular formula is C26H34N2O3S. The number of amides is 1. The molecule has 1 aromatic carbocycles. The Morgan fingerprint density at radius 1 is 1.09 bits per heavy atom. The largest absolute Gasteiger partial charge is 0.462 e. The molecule has 0 saturated carbocycles. The number of hydrogen-bond acceptors (Lipinski definition) is 5. The number of thiophene rings is 1. The maximum Gasteiger partial charge on any atom is 0.341 e. The Hall–Kier alpha value is -2.18. The molecule has 2 aromatic rings. The van der Waals surface area contributed by atoms with Gasteiger partial charge in [0, 0.05) is 4.88 Å². The van der Waals surface area contributed by atoms with E-state index in [0.717, 1.165) is 63.6 Å². The van der Waals surface area contributed by atoms with E-state index in [-0.39, 0.29) is 11.9 Å². The predicted octanol–water partition coefficient (Wildman–Crippen LogP) is 5.09. The van der Waals surface area contributed by atoms with Gasteiger partial charge in [0.2, 0.25) is 5.91 Å². The van der Waals surface area contributed by atoms with Gasteiger partial charge in [-0.25, -0.2) is 4.79 Å². The van der Waals surface area contributed by atoms with Crippen molar-refractivity contribution in [2.24, 2.45) is 5.92 Å². The first kappa shape index (κ1) is 23.0. The zero-order chi connectivity index (χ0) is 22.3. The number of ether oxygens (including phenoxy) is 1. The van der Waals surface area contributed by atoms with E-state index in [2.05, 4.69) is 40.5 Å². The summed E-state index contributed by atoms with van der Waals surface area (Å²) >= 11 is 1.57. The molecule has 1 N–H and O–H groups in total. The molecule has 1 aromatic heterocycles. The van der Waals surface area contributed by atoms with Gasteiger partial charge in [-0.15, -0.1) is 11.3 Å². The van der Waals surface area contributed by atoms with Crippen molar-refractivity contribution in [1.29, 1.82) is 0 Å². The molecule has 1 amide bonds. The monoisotopic (exact) mass is 454 g/mol. The van der Waals surface area contributed by atoms with Gasteiger partial charge in [0.25, 0.3) is 0 Å². The highest BCUT2D eigenvalue weighted by Crippen LogP contribution is 2.38. The van der Waals surface area contributed by atoms with Crippen LogP contribution in [0.3, 0.4) is 0 Å². The minimum absolute atomic E-state index is 0.0338. The lowest BCUT2D eigenvalue weighted by atomic mass is 9.90. The number of benzene rings is 1. The van der Waals surface area contributed by atoms with Gasteiger partial charge in [0.05, 0.1) is 18.7 Å². The highest BCUT2D eigenvalue weighted by Gasteiger charge is 2.27. The summed E-state index contributed by atoms with van der Waals surface area (Å²) < 4.78 is 5.33. The van der Waals surface area contributed by atoms with E-state index in [1.807, 2.05) is 6.92 Å². The number of piperidine rings is 1. The number of hydrogen-bond donors (Lipinski definition) is 1. The van der Waals surface area contributed by atoms with Crippen LogP contribution in [0, 0.1) is 5.92 Å². The summed E-state index contributed by atoms with van der Waals surface area (Å²) in [6.07, 6.45) is 8.63. The summed E-state index contributed by atoms with van der Waals surface area (Å²) in [5.74, 6) is 0.345. The van der Waals surface area contributed by atoms with Crippen LogP contribution < -0.4 is 5.32 Å². The third-order valence-corrected chi connectivity index (χ3v) is 7.80. The van der Waals surface area contributed by atoms with Crippen molar-refractivity contribution in [2.75, 3.05) is 31.6 Å². The quantitative estimate of drug-likeness (QED) is 0.468. The van der Waals surface area contributed by atoms with Gasteiger partial charge in [-0.3, -0.25) is 9.69 Å². The Morgan fingerprint density at radius 3 is 2.59 bits per heavy atom. The number of fused-ring (bicyclic) bond motifs is 1. The number of nitrogens with one attached hydrogen (secondary N) is 1. The first-order valence-corrected chi connectivity index (χ1v) is 12.8. The highest BCUT2D eigenvalue weighted by molar-refractivity contribution is 7.17. The number of likely N-dealkylation sites (tertiary alicyclic amines) is 1. The Bertz CT molecular complexity index is 917. The second kappa shape index (κ2) is 11.1. The third kappa shape index (κ3) is 5.78. The molecule has 0 atom stereocenters. The van der Waals surface area contributed by atoms with Crippen molar-refractivity contribution in [1.82, 2.24) is 4.90 Å². The summed E-state index contributed by atoms with van der Waals surface area (Å²) in [6, 6.07) is 10.7. The molecule has 2 aliphatic rings. The van der Waals surface area contributed by atoms with Crippen LogP contribution in [0.2, 0.25) is 0 Å². The molecule has 6 heteroatoms. The highest BCUT2D eigenvalue weighted by atomic mass is 32.1. The minimum Gasteiger partial charge on any atom is -0.462 e. The molecule has 4 rings (SSSR count). The normalized spacial score (nSPS) is 17.4. The zero-order valence-corrected chi connectivity index (χ0v) is 19.8. The molecule has 172 valence electrons. The Morgan fingerprint density at radius 2 is 1.84 bits per heavy atom. The average Bonchev–Trinajstić information content (AvgIpc) is 2.96. The second-order valence-electron chi connectivity index (χ2n) is 8.95. The van der Waals surface area contributed by atoms with Gasteiger partial charge in [-0.1, -0.05) is 36.8 Å². The fourth-order valence-electron chi connectivity index (χ4n) is 4.92. The molecule has 1 saturated heterocycles. The molecule has 1 aliphatic carbocycles. The molecular weight excluding hydrogens is 420 g/mol. The van der Waals surface area contributed by atoms with Gasteiger partial charge in [-0.05, 0) is 82.0 Å². The predicted molar refractivity (Wildman–Crippen MR) is 129 cm³/mol. The topological polar surface area (TPSA) is 58.6 Å². The Balaban J connectivity index is 1.34. The molecule has 32 heavy (non-hydrogen) atoms. The smallest absolute Gasteiger partial charge is 0.341 e. The zero-order valence-electron chi connectivity index (χ0n) is 19.0. The van der Waals surface area contributed by atoms with Crippen molar-refractivity contribution in [3.8, 4) is 0 Å².